The topological polar surface area (TPSA) is 64.0 Å². The number of fused-ring (bicyclic) bond motifs is 1. The zero-order valence-electron chi connectivity index (χ0n) is 14.2. The molecule has 0 bridgehead atoms. The Hall–Kier alpha value is -1.34. The molecule has 1 N–H and O–H groups in total. The summed E-state index contributed by atoms with van der Waals surface area (Å²) in [6.45, 7) is 4.48. The fraction of sp³-hybridized carbons (Fsp3) is 0.588. The molecule has 5 nitrogen and oxygen atoms in total. The van der Waals surface area contributed by atoms with Gasteiger partial charge in [-0.1, -0.05) is 38.5 Å². The van der Waals surface area contributed by atoms with E-state index >= 15 is 0 Å². The van der Waals surface area contributed by atoms with Gasteiger partial charge in [-0.25, -0.2) is 4.98 Å². The third kappa shape index (κ3) is 3.52. The van der Waals surface area contributed by atoms with E-state index in [9.17, 15) is 9.59 Å². The minimum Gasteiger partial charge on any atom is -0.352 e. The Morgan fingerprint density at radius 2 is 2.25 bits per heavy atom. The van der Waals surface area contributed by atoms with Crippen molar-refractivity contribution in [2.24, 2.45) is 18.9 Å². The third-order valence-electron chi connectivity index (χ3n) is 5.03. The molecule has 1 aliphatic carbocycles. The van der Waals surface area contributed by atoms with Gasteiger partial charge >= 0.3 is 0 Å². The molecule has 1 amide bonds. The lowest BCUT2D eigenvalue weighted by atomic mass is 9.78. The Balaban J connectivity index is 1.64. The minimum absolute atomic E-state index is 0.0191. The van der Waals surface area contributed by atoms with Crippen molar-refractivity contribution >= 4 is 39.2 Å². The lowest BCUT2D eigenvalue weighted by molar-refractivity contribution is -0.120. The summed E-state index contributed by atoms with van der Waals surface area (Å²) in [5.41, 5.74) is 0.661. The molecular formula is C17H23N3O2S2. The average molecular weight is 366 g/mol. The predicted molar refractivity (Wildman–Crippen MR) is 99.7 cm³/mol. The first-order chi connectivity index (χ1) is 11.5. The van der Waals surface area contributed by atoms with E-state index in [-0.39, 0.29) is 23.3 Å². The van der Waals surface area contributed by atoms with E-state index in [1.165, 1.54) is 40.5 Å². The summed E-state index contributed by atoms with van der Waals surface area (Å²) in [6, 6.07) is 2.11. The Morgan fingerprint density at radius 1 is 1.46 bits per heavy atom. The molecular weight excluding hydrogens is 342 g/mol. The van der Waals surface area contributed by atoms with Gasteiger partial charge in [-0.15, -0.1) is 11.3 Å². The Bertz CT molecular complexity index is 799. The summed E-state index contributed by atoms with van der Waals surface area (Å²) in [4.78, 5) is 29.1. The van der Waals surface area contributed by atoms with Gasteiger partial charge in [-0.2, -0.15) is 0 Å². The molecule has 2 aromatic heterocycles. The second-order valence-electron chi connectivity index (χ2n) is 6.62. The number of rotatable bonds is 4. The zero-order valence-corrected chi connectivity index (χ0v) is 15.9. The summed E-state index contributed by atoms with van der Waals surface area (Å²) in [5, 5.41) is 5.62. The van der Waals surface area contributed by atoms with Gasteiger partial charge in [0.25, 0.3) is 5.56 Å². The first-order valence-corrected chi connectivity index (χ1v) is 10.2. The molecule has 2 aromatic rings. The summed E-state index contributed by atoms with van der Waals surface area (Å²) in [6.07, 6.45) is 3.48. The average Bonchev–Trinajstić information content (AvgIpc) is 3.02. The van der Waals surface area contributed by atoms with Crippen molar-refractivity contribution in [3.8, 4) is 0 Å². The number of thioether (sulfide) groups is 1. The van der Waals surface area contributed by atoms with Crippen molar-refractivity contribution < 1.29 is 4.79 Å². The highest BCUT2D eigenvalue weighted by atomic mass is 32.2. The number of hydrogen-bond acceptors (Lipinski definition) is 5. The van der Waals surface area contributed by atoms with E-state index in [4.69, 9.17) is 0 Å². The number of aromatic nitrogens is 2. The van der Waals surface area contributed by atoms with Crippen LogP contribution in [0, 0.1) is 11.8 Å². The molecule has 130 valence electrons. The normalized spacial score (nSPS) is 24.2. The number of nitrogens with zero attached hydrogens (tertiary/aromatic N) is 2. The molecule has 2 heterocycles. The molecule has 0 unspecified atom stereocenters. The van der Waals surface area contributed by atoms with E-state index in [1.807, 2.05) is 11.4 Å². The highest BCUT2D eigenvalue weighted by Gasteiger charge is 2.28. The molecule has 0 aromatic carbocycles. The van der Waals surface area contributed by atoms with Gasteiger partial charge in [-0.05, 0) is 29.7 Å². The maximum Gasteiger partial charge on any atom is 0.271 e. The van der Waals surface area contributed by atoms with Gasteiger partial charge in [0.15, 0.2) is 5.16 Å². The summed E-state index contributed by atoms with van der Waals surface area (Å²) in [7, 11) is 1.71. The lowest BCUT2D eigenvalue weighted by Gasteiger charge is -2.34. The van der Waals surface area contributed by atoms with Crippen LogP contribution in [-0.4, -0.2) is 27.3 Å². The van der Waals surface area contributed by atoms with Gasteiger partial charge in [0.2, 0.25) is 5.91 Å². The molecule has 0 radical (unpaired) electrons. The van der Waals surface area contributed by atoms with Crippen LogP contribution in [0.1, 0.15) is 33.1 Å². The predicted octanol–water partition coefficient (Wildman–Crippen LogP) is 3.03. The zero-order chi connectivity index (χ0) is 17.3. The van der Waals surface area contributed by atoms with Gasteiger partial charge in [0.1, 0.15) is 4.70 Å². The first-order valence-electron chi connectivity index (χ1n) is 8.33. The van der Waals surface area contributed by atoms with Crippen molar-refractivity contribution in [1.29, 1.82) is 0 Å². The summed E-state index contributed by atoms with van der Waals surface area (Å²) < 4.78 is 2.19. The number of thiophene rings is 1. The quantitative estimate of drug-likeness (QED) is 0.668. The molecule has 3 rings (SSSR count). The smallest absolute Gasteiger partial charge is 0.271 e. The van der Waals surface area contributed by atoms with Gasteiger partial charge in [0.05, 0.1) is 11.3 Å². The van der Waals surface area contributed by atoms with E-state index < -0.39 is 0 Å². The highest BCUT2D eigenvalue weighted by Crippen LogP contribution is 2.29. The molecule has 1 fully saturated rings. The lowest BCUT2D eigenvalue weighted by Crippen LogP contribution is -2.44. The first kappa shape index (κ1) is 17.5. The molecule has 0 spiro atoms. The van der Waals surface area contributed by atoms with Crippen LogP contribution in [0.2, 0.25) is 0 Å². The minimum atomic E-state index is -0.0485. The molecule has 0 aliphatic heterocycles. The van der Waals surface area contributed by atoms with Crippen molar-refractivity contribution in [1.82, 2.24) is 14.9 Å². The van der Waals surface area contributed by atoms with Crippen molar-refractivity contribution in [3.63, 3.8) is 0 Å². The highest BCUT2D eigenvalue weighted by molar-refractivity contribution is 7.99. The third-order valence-corrected chi connectivity index (χ3v) is 6.95. The Labute approximate surface area is 149 Å². The van der Waals surface area contributed by atoms with Crippen molar-refractivity contribution in [2.75, 3.05) is 5.75 Å². The molecule has 7 heteroatoms. The number of carbonyl (C=O) groups is 1. The van der Waals surface area contributed by atoms with E-state index in [0.717, 1.165) is 6.42 Å². The van der Waals surface area contributed by atoms with Gasteiger partial charge < -0.3 is 5.32 Å². The van der Waals surface area contributed by atoms with Crippen LogP contribution in [0.25, 0.3) is 10.2 Å². The van der Waals surface area contributed by atoms with Crippen LogP contribution in [0.3, 0.4) is 0 Å². The SMILES string of the molecule is C[C@H]1[C@H](C)CCC[C@H]1NC(=O)CSc1nc2ccsc2c(=O)n1C. The van der Waals surface area contributed by atoms with Crippen molar-refractivity contribution in [3.05, 3.63) is 21.8 Å². The van der Waals surface area contributed by atoms with Crippen LogP contribution in [0.15, 0.2) is 21.4 Å². The fourth-order valence-electron chi connectivity index (χ4n) is 3.26. The number of hydrogen-bond donors (Lipinski definition) is 1. The Morgan fingerprint density at radius 3 is 3.04 bits per heavy atom. The fourth-order valence-corrected chi connectivity index (χ4v) is 4.85. The molecule has 1 saturated carbocycles. The maximum absolute atomic E-state index is 12.3. The summed E-state index contributed by atoms with van der Waals surface area (Å²) in [5.74, 6) is 1.47. The van der Waals surface area contributed by atoms with Gasteiger partial charge in [0, 0.05) is 13.1 Å². The van der Waals surface area contributed by atoms with Crippen LogP contribution in [0.5, 0.6) is 0 Å². The molecule has 3 atom stereocenters. The standard InChI is InChI=1S/C17H23N3O2S2/c1-10-5-4-6-12(11(10)2)18-14(21)9-24-17-19-13-7-8-23-15(13)16(22)20(17)3/h7-8,10-12H,4-6,9H2,1-3H3,(H,18,21)/t10-,11+,12-/m1/s1. The van der Waals surface area contributed by atoms with E-state index in [0.29, 0.717) is 27.2 Å². The monoisotopic (exact) mass is 365 g/mol. The molecule has 0 saturated heterocycles. The van der Waals surface area contributed by atoms with Crippen LogP contribution in [0.4, 0.5) is 0 Å². The Kier molecular flexibility index (Phi) is 5.30. The summed E-state index contributed by atoms with van der Waals surface area (Å²) >= 11 is 2.72. The maximum atomic E-state index is 12.3. The van der Waals surface area contributed by atoms with Gasteiger partial charge in [-0.3, -0.25) is 14.2 Å². The molecule has 1 aliphatic rings. The number of carbonyl (C=O) groups excluding carboxylic acids is 1. The molecule has 24 heavy (non-hydrogen) atoms. The van der Waals surface area contributed by atoms with Crippen LogP contribution >= 0.6 is 23.1 Å². The number of amides is 1. The van der Waals surface area contributed by atoms with E-state index in [2.05, 4.69) is 24.1 Å². The second kappa shape index (κ2) is 7.27. The number of nitrogens with one attached hydrogen (secondary N) is 1. The largest absolute Gasteiger partial charge is 0.352 e. The van der Waals surface area contributed by atoms with E-state index in [1.54, 1.807) is 7.05 Å². The van der Waals surface area contributed by atoms with Crippen LogP contribution < -0.4 is 10.9 Å². The van der Waals surface area contributed by atoms with Crippen molar-refractivity contribution in [2.45, 2.75) is 44.3 Å². The van der Waals surface area contributed by atoms with Crippen LogP contribution in [-0.2, 0) is 11.8 Å². The second-order valence-corrected chi connectivity index (χ2v) is 8.48.